The maximum absolute atomic E-state index is 11.3. The Labute approximate surface area is 76.5 Å². The number of primary amides is 1. The molecule has 0 unspecified atom stereocenters. The lowest BCUT2D eigenvalue weighted by atomic mass is 10.2. The highest BCUT2D eigenvalue weighted by molar-refractivity contribution is 5.90. The van der Waals surface area contributed by atoms with Crippen LogP contribution in [-0.4, -0.2) is 40.5 Å². The van der Waals surface area contributed by atoms with Gasteiger partial charge in [0, 0.05) is 6.54 Å². The molecule has 2 atom stereocenters. The van der Waals surface area contributed by atoms with Crippen LogP contribution in [0.3, 0.4) is 0 Å². The Kier molecular flexibility index (Phi) is 2.87. The highest BCUT2D eigenvalue weighted by Gasteiger charge is 2.34. The number of carbonyl (C=O) groups is 2. The maximum Gasteiger partial charge on any atom is 0.251 e. The second-order valence-electron chi connectivity index (χ2n) is 3.08. The highest BCUT2D eigenvalue weighted by atomic mass is 16.3. The number of carbonyl (C=O) groups excluding carboxylic acids is 2. The standard InChI is InChI=1S/C8H13N2O3/c1-5(11)8(13)10-4-2-3-6(10)7(9)12/h3,5-6,11H,2,4H2,1H3,(H2,9,12)/t5-,6-/m1/s1. The minimum absolute atomic E-state index is 0.447. The molecule has 1 fully saturated rings. The van der Waals surface area contributed by atoms with Gasteiger partial charge in [-0.2, -0.15) is 0 Å². The number of hydrogen-bond donors (Lipinski definition) is 2. The Hall–Kier alpha value is -1.10. The van der Waals surface area contributed by atoms with Crippen LogP contribution >= 0.6 is 0 Å². The molecule has 5 heteroatoms. The fourth-order valence-electron chi connectivity index (χ4n) is 1.39. The van der Waals surface area contributed by atoms with Crippen LogP contribution in [-0.2, 0) is 9.59 Å². The van der Waals surface area contributed by atoms with Crippen molar-refractivity contribution in [2.45, 2.75) is 25.5 Å². The molecule has 1 saturated heterocycles. The normalized spacial score (nSPS) is 24.5. The molecule has 0 saturated carbocycles. The Morgan fingerprint density at radius 1 is 1.69 bits per heavy atom. The summed E-state index contributed by atoms with van der Waals surface area (Å²) in [6, 6.07) is -0.651. The number of nitrogens with two attached hydrogens (primary N) is 1. The Morgan fingerprint density at radius 2 is 2.31 bits per heavy atom. The molecule has 0 aliphatic carbocycles. The molecule has 0 aromatic rings. The summed E-state index contributed by atoms with van der Waals surface area (Å²) < 4.78 is 0. The van der Waals surface area contributed by atoms with Crippen molar-refractivity contribution in [1.82, 2.24) is 4.90 Å². The van der Waals surface area contributed by atoms with E-state index in [1.807, 2.05) is 0 Å². The molecule has 1 rings (SSSR count). The summed E-state index contributed by atoms with van der Waals surface area (Å²) in [4.78, 5) is 23.5. The first kappa shape index (κ1) is 9.98. The molecular formula is C8H13N2O3. The van der Waals surface area contributed by atoms with Crippen LogP contribution in [0.4, 0.5) is 0 Å². The first-order valence-corrected chi connectivity index (χ1v) is 4.15. The Morgan fingerprint density at radius 3 is 2.77 bits per heavy atom. The fourth-order valence-corrected chi connectivity index (χ4v) is 1.39. The zero-order valence-corrected chi connectivity index (χ0v) is 7.43. The predicted octanol–water partition coefficient (Wildman–Crippen LogP) is -1.34. The summed E-state index contributed by atoms with van der Waals surface area (Å²) in [6.45, 7) is 1.83. The van der Waals surface area contributed by atoms with Crippen LogP contribution in [0.2, 0.25) is 0 Å². The minimum atomic E-state index is -1.08. The summed E-state index contributed by atoms with van der Waals surface area (Å²) in [5.74, 6) is -0.996. The molecule has 1 heterocycles. The molecule has 0 spiro atoms. The molecule has 5 nitrogen and oxygen atoms in total. The van der Waals surface area contributed by atoms with Gasteiger partial charge in [-0.25, -0.2) is 0 Å². The van der Waals surface area contributed by atoms with Gasteiger partial charge in [-0.05, 0) is 19.8 Å². The van der Waals surface area contributed by atoms with Gasteiger partial charge in [0.05, 0.1) is 0 Å². The third kappa shape index (κ3) is 1.98. The molecule has 0 bridgehead atoms. The van der Waals surface area contributed by atoms with Gasteiger partial charge in [0.2, 0.25) is 5.91 Å². The molecule has 2 amide bonds. The first-order valence-electron chi connectivity index (χ1n) is 4.15. The predicted molar refractivity (Wildman–Crippen MR) is 45.3 cm³/mol. The quantitative estimate of drug-likeness (QED) is 0.558. The fraction of sp³-hybridized carbons (Fsp3) is 0.625. The molecule has 13 heavy (non-hydrogen) atoms. The number of amides is 2. The SMILES string of the molecule is C[C@@H](O)C(=O)N1CC[CH][C@@H]1C(N)=O. The van der Waals surface area contributed by atoms with Gasteiger partial charge in [-0.1, -0.05) is 0 Å². The molecule has 1 radical (unpaired) electrons. The molecule has 73 valence electrons. The van der Waals surface area contributed by atoms with E-state index in [1.54, 1.807) is 6.42 Å². The molecular weight excluding hydrogens is 172 g/mol. The van der Waals surface area contributed by atoms with Gasteiger partial charge in [-0.15, -0.1) is 0 Å². The first-order chi connectivity index (χ1) is 6.04. The topological polar surface area (TPSA) is 83.6 Å². The van der Waals surface area contributed by atoms with E-state index in [0.29, 0.717) is 13.0 Å². The van der Waals surface area contributed by atoms with Crippen molar-refractivity contribution >= 4 is 11.8 Å². The zero-order chi connectivity index (χ0) is 10.0. The smallest absolute Gasteiger partial charge is 0.251 e. The van der Waals surface area contributed by atoms with Crippen molar-refractivity contribution in [2.24, 2.45) is 5.73 Å². The van der Waals surface area contributed by atoms with E-state index in [9.17, 15) is 9.59 Å². The molecule has 1 aliphatic heterocycles. The summed E-state index contributed by atoms with van der Waals surface area (Å²) in [7, 11) is 0. The second-order valence-corrected chi connectivity index (χ2v) is 3.08. The average molecular weight is 185 g/mol. The minimum Gasteiger partial charge on any atom is -0.384 e. The number of aliphatic hydroxyl groups is 1. The van der Waals surface area contributed by atoms with Gasteiger partial charge in [0.15, 0.2) is 0 Å². The molecule has 1 aliphatic rings. The number of rotatable bonds is 2. The maximum atomic E-state index is 11.3. The van der Waals surface area contributed by atoms with Gasteiger partial charge in [-0.3, -0.25) is 9.59 Å². The van der Waals surface area contributed by atoms with Gasteiger partial charge in [0.1, 0.15) is 12.1 Å². The van der Waals surface area contributed by atoms with E-state index in [4.69, 9.17) is 10.8 Å². The van der Waals surface area contributed by atoms with Crippen molar-refractivity contribution in [3.63, 3.8) is 0 Å². The molecule has 3 N–H and O–H groups in total. The lowest BCUT2D eigenvalue weighted by molar-refractivity contribution is -0.143. The van der Waals surface area contributed by atoms with Crippen molar-refractivity contribution in [2.75, 3.05) is 6.54 Å². The number of aliphatic hydroxyl groups excluding tert-OH is 1. The number of hydrogen-bond acceptors (Lipinski definition) is 3. The van der Waals surface area contributed by atoms with E-state index >= 15 is 0 Å². The van der Waals surface area contributed by atoms with Crippen LogP contribution in [0.15, 0.2) is 0 Å². The summed E-state index contributed by atoms with van der Waals surface area (Å²) in [5.41, 5.74) is 5.08. The average Bonchev–Trinajstić information content (AvgIpc) is 2.50. The Bertz CT molecular complexity index is 227. The van der Waals surface area contributed by atoms with E-state index in [0.717, 1.165) is 0 Å². The Balaban J connectivity index is 2.68. The summed E-state index contributed by atoms with van der Waals surface area (Å²) in [5, 5.41) is 9.02. The van der Waals surface area contributed by atoms with E-state index in [2.05, 4.69) is 0 Å². The molecule has 0 aromatic heterocycles. The van der Waals surface area contributed by atoms with Gasteiger partial charge < -0.3 is 15.7 Å². The van der Waals surface area contributed by atoms with Crippen molar-refractivity contribution in [1.29, 1.82) is 0 Å². The number of nitrogens with zero attached hydrogens (tertiary/aromatic N) is 1. The van der Waals surface area contributed by atoms with Crippen molar-refractivity contribution in [3.05, 3.63) is 6.42 Å². The zero-order valence-electron chi connectivity index (χ0n) is 7.43. The third-order valence-electron chi connectivity index (χ3n) is 2.03. The summed E-state index contributed by atoms with van der Waals surface area (Å²) >= 11 is 0. The van der Waals surface area contributed by atoms with Crippen LogP contribution in [0.1, 0.15) is 13.3 Å². The van der Waals surface area contributed by atoms with Crippen LogP contribution < -0.4 is 5.73 Å². The lowest BCUT2D eigenvalue weighted by Crippen LogP contribution is -2.47. The van der Waals surface area contributed by atoms with Crippen LogP contribution in [0.25, 0.3) is 0 Å². The monoisotopic (exact) mass is 185 g/mol. The van der Waals surface area contributed by atoms with E-state index in [1.165, 1.54) is 11.8 Å². The largest absolute Gasteiger partial charge is 0.384 e. The molecule has 0 aromatic carbocycles. The van der Waals surface area contributed by atoms with Crippen LogP contribution in [0.5, 0.6) is 0 Å². The van der Waals surface area contributed by atoms with E-state index in [-0.39, 0.29) is 0 Å². The second kappa shape index (κ2) is 3.74. The number of likely N-dealkylation sites (tertiary alicyclic amines) is 1. The van der Waals surface area contributed by atoms with Crippen molar-refractivity contribution in [3.8, 4) is 0 Å². The third-order valence-corrected chi connectivity index (χ3v) is 2.03. The van der Waals surface area contributed by atoms with Gasteiger partial charge in [0.25, 0.3) is 5.91 Å². The highest BCUT2D eigenvalue weighted by Crippen LogP contribution is 2.16. The van der Waals surface area contributed by atoms with E-state index < -0.39 is 24.0 Å². The van der Waals surface area contributed by atoms with Crippen LogP contribution in [0, 0.1) is 6.42 Å². The lowest BCUT2D eigenvalue weighted by Gasteiger charge is -2.23. The summed E-state index contributed by atoms with van der Waals surface area (Å²) in [6.07, 6.45) is 1.25. The van der Waals surface area contributed by atoms with Gasteiger partial charge >= 0.3 is 0 Å². The van der Waals surface area contributed by atoms with Crippen molar-refractivity contribution < 1.29 is 14.7 Å².